The molecule has 3 aromatic rings. The van der Waals surface area contributed by atoms with Crippen molar-refractivity contribution in [3.63, 3.8) is 0 Å². The first-order valence-electron chi connectivity index (χ1n) is 9.48. The molecule has 0 heterocycles. The number of rotatable bonds is 9. The molecule has 0 aliphatic rings. The van der Waals surface area contributed by atoms with Crippen LogP contribution in [0.4, 0.5) is 4.39 Å². The minimum atomic E-state index is -3.89. The van der Waals surface area contributed by atoms with Gasteiger partial charge in [-0.05, 0) is 42.0 Å². The van der Waals surface area contributed by atoms with Crippen molar-refractivity contribution in [2.75, 3.05) is 20.3 Å². The highest BCUT2D eigenvalue weighted by molar-refractivity contribution is 7.91. The van der Waals surface area contributed by atoms with E-state index < -0.39 is 26.8 Å². The summed E-state index contributed by atoms with van der Waals surface area (Å²) in [7, 11) is -2.39. The number of nitrogens with one attached hydrogen (secondary N) is 1. The Kier molecular flexibility index (Phi) is 7.25. The lowest BCUT2D eigenvalue weighted by molar-refractivity contribution is -0.123. The number of carbonyl (C=O) groups is 1. The highest BCUT2D eigenvalue weighted by Crippen LogP contribution is 2.29. The van der Waals surface area contributed by atoms with E-state index in [0.29, 0.717) is 17.1 Å². The van der Waals surface area contributed by atoms with E-state index in [1.165, 1.54) is 19.2 Å². The minimum absolute atomic E-state index is 0.0257. The zero-order valence-corrected chi connectivity index (χ0v) is 17.6. The van der Waals surface area contributed by atoms with E-state index in [1.807, 2.05) is 0 Å². The molecular formula is C23H22FNO5S. The summed E-state index contributed by atoms with van der Waals surface area (Å²) in [6.07, 6.45) is 0. The molecule has 162 valence electrons. The van der Waals surface area contributed by atoms with Gasteiger partial charge in [-0.1, -0.05) is 42.5 Å². The van der Waals surface area contributed by atoms with Crippen molar-refractivity contribution in [2.24, 2.45) is 0 Å². The molecule has 1 atom stereocenters. The maximum absolute atomic E-state index is 13.3. The van der Waals surface area contributed by atoms with Crippen molar-refractivity contribution < 1.29 is 27.1 Å². The van der Waals surface area contributed by atoms with Gasteiger partial charge in [-0.2, -0.15) is 0 Å². The van der Waals surface area contributed by atoms with Gasteiger partial charge in [0, 0.05) is 6.54 Å². The molecule has 0 aliphatic heterocycles. The third-order valence-electron chi connectivity index (χ3n) is 4.60. The van der Waals surface area contributed by atoms with Crippen LogP contribution < -0.4 is 14.8 Å². The fourth-order valence-corrected chi connectivity index (χ4v) is 4.66. The third kappa shape index (κ3) is 5.61. The van der Waals surface area contributed by atoms with Gasteiger partial charge in [0.2, 0.25) is 0 Å². The standard InChI is InChI=1S/C23H22FNO5S/c1-29-20-9-5-6-10-21(20)30-16-23(26)25-15-22(17-7-3-2-4-8-17)31(27,28)19-13-11-18(24)12-14-19/h2-14,22H,15-16H2,1H3,(H,25,26). The van der Waals surface area contributed by atoms with Crippen LogP contribution in [-0.2, 0) is 14.6 Å². The first-order chi connectivity index (χ1) is 14.9. The van der Waals surface area contributed by atoms with E-state index in [9.17, 15) is 17.6 Å². The Labute approximate surface area is 180 Å². The summed E-state index contributed by atoms with van der Waals surface area (Å²) >= 11 is 0. The molecule has 0 aliphatic carbocycles. The molecule has 1 N–H and O–H groups in total. The number of halogens is 1. The molecule has 0 saturated heterocycles. The van der Waals surface area contributed by atoms with Crippen molar-refractivity contribution in [1.29, 1.82) is 0 Å². The summed E-state index contributed by atoms with van der Waals surface area (Å²) in [5, 5.41) is 1.57. The Morgan fingerprint density at radius 1 is 0.935 bits per heavy atom. The first-order valence-corrected chi connectivity index (χ1v) is 11.0. The summed E-state index contributed by atoms with van der Waals surface area (Å²) in [4.78, 5) is 12.3. The molecule has 0 radical (unpaired) electrons. The number of methoxy groups -OCH3 is 1. The lowest BCUT2D eigenvalue weighted by Gasteiger charge is -2.19. The van der Waals surface area contributed by atoms with Crippen LogP contribution >= 0.6 is 0 Å². The second-order valence-electron chi connectivity index (χ2n) is 6.64. The van der Waals surface area contributed by atoms with Gasteiger partial charge >= 0.3 is 0 Å². The predicted molar refractivity (Wildman–Crippen MR) is 114 cm³/mol. The molecule has 0 fully saturated rings. The van der Waals surface area contributed by atoms with E-state index in [-0.39, 0.29) is 18.0 Å². The maximum atomic E-state index is 13.3. The van der Waals surface area contributed by atoms with Gasteiger partial charge in [0.1, 0.15) is 11.1 Å². The second-order valence-corrected chi connectivity index (χ2v) is 8.77. The molecule has 0 aromatic heterocycles. The van der Waals surface area contributed by atoms with Gasteiger partial charge in [0.15, 0.2) is 27.9 Å². The Balaban J connectivity index is 1.74. The van der Waals surface area contributed by atoms with Gasteiger partial charge in [-0.3, -0.25) is 4.79 Å². The quantitative estimate of drug-likeness (QED) is 0.512. The normalized spacial score (nSPS) is 12.1. The van der Waals surface area contributed by atoms with E-state index in [2.05, 4.69) is 5.32 Å². The molecule has 31 heavy (non-hydrogen) atoms. The van der Waals surface area contributed by atoms with Gasteiger partial charge in [-0.15, -0.1) is 0 Å². The molecule has 1 amide bonds. The Hall–Kier alpha value is -3.39. The zero-order chi connectivity index (χ0) is 22.3. The third-order valence-corrected chi connectivity index (χ3v) is 6.72. The fraction of sp³-hybridized carbons (Fsp3) is 0.174. The summed E-state index contributed by atoms with van der Waals surface area (Å²) in [6.45, 7) is -0.476. The number of ether oxygens (including phenoxy) is 2. The molecule has 0 spiro atoms. The molecule has 3 rings (SSSR count). The molecule has 0 bridgehead atoms. The monoisotopic (exact) mass is 443 g/mol. The lowest BCUT2D eigenvalue weighted by atomic mass is 10.1. The molecule has 0 saturated carbocycles. The van der Waals surface area contributed by atoms with Crippen molar-refractivity contribution in [2.45, 2.75) is 10.1 Å². The summed E-state index contributed by atoms with van der Waals surface area (Å²) < 4.78 is 50.3. The Morgan fingerprint density at radius 3 is 2.19 bits per heavy atom. The maximum Gasteiger partial charge on any atom is 0.257 e. The largest absolute Gasteiger partial charge is 0.493 e. The van der Waals surface area contributed by atoms with Crippen molar-refractivity contribution in [3.8, 4) is 11.5 Å². The summed E-state index contributed by atoms with van der Waals surface area (Å²) in [6, 6.07) is 20.0. The van der Waals surface area contributed by atoms with Crippen molar-refractivity contribution >= 4 is 15.7 Å². The van der Waals surface area contributed by atoms with Crippen molar-refractivity contribution in [3.05, 3.63) is 90.2 Å². The number of hydrogen-bond donors (Lipinski definition) is 1. The van der Waals surface area contributed by atoms with Gasteiger partial charge in [0.05, 0.1) is 12.0 Å². The lowest BCUT2D eigenvalue weighted by Crippen LogP contribution is -2.35. The van der Waals surface area contributed by atoms with Gasteiger partial charge in [0.25, 0.3) is 5.91 Å². The molecule has 6 nitrogen and oxygen atoms in total. The number of benzene rings is 3. The SMILES string of the molecule is COc1ccccc1OCC(=O)NCC(c1ccccc1)S(=O)(=O)c1ccc(F)cc1. The van der Waals surface area contributed by atoms with Crippen LogP contribution in [0.1, 0.15) is 10.8 Å². The van der Waals surface area contributed by atoms with Gasteiger partial charge < -0.3 is 14.8 Å². The minimum Gasteiger partial charge on any atom is -0.493 e. The van der Waals surface area contributed by atoms with Crippen LogP contribution in [0.25, 0.3) is 0 Å². The smallest absolute Gasteiger partial charge is 0.257 e. The molecule has 3 aromatic carbocycles. The van der Waals surface area contributed by atoms with Gasteiger partial charge in [-0.25, -0.2) is 12.8 Å². The van der Waals surface area contributed by atoms with E-state index in [4.69, 9.17) is 9.47 Å². The highest BCUT2D eigenvalue weighted by atomic mass is 32.2. The topological polar surface area (TPSA) is 81.7 Å². The Morgan fingerprint density at radius 2 is 1.55 bits per heavy atom. The average Bonchev–Trinajstić information content (AvgIpc) is 2.79. The number of para-hydroxylation sites is 2. The molecule has 1 unspecified atom stereocenters. The summed E-state index contributed by atoms with van der Waals surface area (Å²) in [5.74, 6) is -0.131. The van der Waals surface area contributed by atoms with Crippen molar-refractivity contribution in [1.82, 2.24) is 5.32 Å². The second kappa shape index (κ2) is 10.1. The predicted octanol–water partition coefficient (Wildman–Crippen LogP) is 3.54. The van der Waals surface area contributed by atoms with Crippen LogP contribution in [0.3, 0.4) is 0 Å². The zero-order valence-electron chi connectivity index (χ0n) is 16.8. The molecule has 8 heteroatoms. The Bertz CT molecular complexity index is 1120. The van der Waals surface area contributed by atoms with Crippen LogP contribution in [0.2, 0.25) is 0 Å². The number of carbonyl (C=O) groups excluding carboxylic acids is 1. The van der Waals surface area contributed by atoms with E-state index in [0.717, 1.165) is 12.1 Å². The van der Waals surface area contributed by atoms with E-state index in [1.54, 1.807) is 54.6 Å². The number of amides is 1. The number of sulfone groups is 1. The van der Waals surface area contributed by atoms with E-state index >= 15 is 0 Å². The highest BCUT2D eigenvalue weighted by Gasteiger charge is 2.29. The number of hydrogen-bond acceptors (Lipinski definition) is 5. The van der Waals surface area contributed by atoms with Crippen LogP contribution in [0.5, 0.6) is 11.5 Å². The fourth-order valence-electron chi connectivity index (χ4n) is 3.00. The molecular weight excluding hydrogens is 421 g/mol. The summed E-state index contributed by atoms with van der Waals surface area (Å²) in [5.41, 5.74) is 0.512. The van der Waals surface area contributed by atoms with Crippen LogP contribution in [0, 0.1) is 5.82 Å². The first kappa shape index (κ1) is 22.3. The van der Waals surface area contributed by atoms with Crippen LogP contribution in [0.15, 0.2) is 83.8 Å². The average molecular weight is 443 g/mol. The van der Waals surface area contributed by atoms with Crippen LogP contribution in [-0.4, -0.2) is 34.6 Å².